The molecule has 1 aromatic carbocycles. The van der Waals surface area contributed by atoms with E-state index in [9.17, 15) is 4.79 Å². The van der Waals surface area contributed by atoms with Gasteiger partial charge in [-0.2, -0.15) is 0 Å². The molecule has 0 aromatic heterocycles. The van der Waals surface area contributed by atoms with Crippen LogP contribution in [0, 0.1) is 11.3 Å². The summed E-state index contributed by atoms with van der Waals surface area (Å²) in [5, 5.41) is 6.58. The average molecular weight is 272 g/mol. The first-order valence-electron chi connectivity index (χ1n) is 7.73. The van der Waals surface area contributed by atoms with E-state index < -0.39 is 0 Å². The lowest BCUT2D eigenvalue weighted by Gasteiger charge is -2.27. The molecule has 1 aromatic rings. The first kappa shape index (κ1) is 13.5. The molecule has 1 amide bonds. The van der Waals surface area contributed by atoms with E-state index in [0.29, 0.717) is 11.3 Å². The molecule has 0 bridgehead atoms. The van der Waals surface area contributed by atoms with Gasteiger partial charge in [0.1, 0.15) is 0 Å². The lowest BCUT2D eigenvalue weighted by molar-refractivity contribution is -0.123. The van der Waals surface area contributed by atoms with Gasteiger partial charge in [0, 0.05) is 18.8 Å². The monoisotopic (exact) mass is 272 g/mol. The minimum absolute atomic E-state index is 0.00964. The van der Waals surface area contributed by atoms with Crippen molar-refractivity contribution in [2.45, 2.75) is 39.0 Å². The van der Waals surface area contributed by atoms with Crippen molar-refractivity contribution < 1.29 is 4.79 Å². The van der Waals surface area contributed by atoms with Gasteiger partial charge in [0.05, 0.1) is 5.92 Å². The van der Waals surface area contributed by atoms with Gasteiger partial charge in [-0.15, -0.1) is 0 Å². The number of benzene rings is 1. The fraction of sp³-hybridized carbons (Fsp3) is 0.588. The number of hydrogen-bond acceptors (Lipinski definition) is 2. The van der Waals surface area contributed by atoms with Crippen LogP contribution in [0.5, 0.6) is 0 Å². The molecule has 0 radical (unpaired) electrons. The zero-order valence-corrected chi connectivity index (χ0v) is 12.4. The second-order valence-corrected chi connectivity index (χ2v) is 6.59. The van der Waals surface area contributed by atoms with Gasteiger partial charge in [-0.05, 0) is 42.2 Å². The maximum Gasteiger partial charge on any atom is 0.227 e. The number of carbonyl (C=O) groups excluding carboxylic acids is 1. The van der Waals surface area contributed by atoms with Gasteiger partial charge < -0.3 is 10.6 Å². The summed E-state index contributed by atoms with van der Waals surface area (Å²) in [6.45, 7) is 6.25. The van der Waals surface area contributed by atoms with Crippen LogP contribution in [0.15, 0.2) is 24.3 Å². The molecule has 20 heavy (non-hydrogen) atoms. The lowest BCUT2D eigenvalue weighted by Crippen LogP contribution is -2.37. The Morgan fingerprint density at radius 2 is 2.15 bits per heavy atom. The molecule has 1 heterocycles. The molecule has 2 aliphatic rings. The number of hydrogen-bond donors (Lipinski definition) is 2. The summed E-state index contributed by atoms with van der Waals surface area (Å²) in [5.74, 6) is 0.865. The molecule has 3 rings (SSSR count). The Morgan fingerprint density at radius 1 is 1.40 bits per heavy atom. The fourth-order valence-corrected chi connectivity index (χ4v) is 3.25. The maximum absolute atomic E-state index is 12.5. The molecule has 1 atom stereocenters. The van der Waals surface area contributed by atoms with Crippen LogP contribution in [0.4, 0.5) is 5.69 Å². The van der Waals surface area contributed by atoms with E-state index in [1.54, 1.807) is 0 Å². The molecule has 0 spiro atoms. The highest BCUT2D eigenvalue weighted by molar-refractivity contribution is 5.86. The summed E-state index contributed by atoms with van der Waals surface area (Å²) in [6.07, 6.45) is 3.40. The molecular formula is C17H24N2O. The highest BCUT2D eigenvalue weighted by Gasteiger charge is 2.45. The van der Waals surface area contributed by atoms with Crippen molar-refractivity contribution >= 4 is 11.6 Å². The van der Waals surface area contributed by atoms with Gasteiger partial charge in [0.25, 0.3) is 0 Å². The first-order valence-corrected chi connectivity index (χ1v) is 7.73. The van der Waals surface area contributed by atoms with Crippen molar-refractivity contribution in [3.05, 3.63) is 29.8 Å². The SMILES string of the molecule is CC(C)C1(CNC(=O)C2CCNc3ccccc32)CC1. The molecule has 1 fully saturated rings. The van der Waals surface area contributed by atoms with E-state index in [1.807, 2.05) is 12.1 Å². The number of amides is 1. The van der Waals surface area contributed by atoms with Crippen LogP contribution in [0.3, 0.4) is 0 Å². The third-order valence-electron chi connectivity index (χ3n) is 5.13. The van der Waals surface area contributed by atoms with Crippen molar-refractivity contribution in [2.75, 3.05) is 18.4 Å². The van der Waals surface area contributed by atoms with E-state index in [2.05, 4.69) is 36.6 Å². The third-order valence-corrected chi connectivity index (χ3v) is 5.13. The summed E-state index contributed by atoms with van der Waals surface area (Å²) in [6, 6.07) is 8.17. The predicted octanol–water partition coefficient (Wildman–Crippen LogP) is 3.14. The van der Waals surface area contributed by atoms with Gasteiger partial charge in [0.15, 0.2) is 0 Å². The smallest absolute Gasteiger partial charge is 0.227 e. The molecule has 3 heteroatoms. The number of fused-ring (bicyclic) bond motifs is 1. The summed E-state index contributed by atoms with van der Waals surface area (Å²) < 4.78 is 0. The first-order chi connectivity index (χ1) is 9.62. The van der Waals surface area contributed by atoms with Crippen LogP contribution in [-0.4, -0.2) is 19.0 Å². The highest BCUT2D eigenvalue weighted by atomic mass is 16.1. The molecule has 3 nitrogen and oxygen atoms in total. The van der Waals surface area contributed by atoms with E-state index in [1.165, 1.54) is 12.8 Å². The van der Waals surface area contributed by atoms with Crippen LogP contribution >= 0.6 is 0 Å². The van der Waals surface area contributed by atoms with Gasteiger partial charge in [-0.25, -0.2) is 0 Å². The topological polar surface area (TPSA) is 41.1 Å². The van der Waals surface area contributed by atoms with Crippen molar-refractivity contribution in [3.63, 3.8) is 0 Å². The molecule has 2 N–H and O–H groups in total. The number of rotatable bonds is 4. The van der Waals surface area contributed by atoms with E-state index in [-0.39, 0.29) is 11.8 Å². The number of para-hydroxylation sites is 1. The molecule has 1 unspecified atom stereocenters. The zero-order valence-electron chi connectivity index (χ0n) is 12.4. The molecule has 1 saturated carbocycles. The Morgan fingerprint density at radius 3 is 2.85 bits per heavy atom. The predicted molar refractivity (Wildman–Crippen MR) is 81.8 cm³/mol. The Labute approximate surface area is 121 Å². The second-order valence-electron chi connectivity index (χ2n) is 6.59. The zero-order chi connectivity index (χ0) is 14.2. The van der Waals surface area contributed by atoms with Crippen LogP contribution in [0.1, 0.15) is 44.6 Å². The normalized spacial score (nSPS) is 22.9. The summed E-state index contributed by atoms with van der Waals surface area (Å²) in [7, 11) is 0. The number of carbonyl (C=O) groups is 1. The maximum atomic E-state index is 12.5. The standard InChI is InChI=1S/C17H24N2O/c1-12(2)17(8-9-17)11-19-16(20)14-7-10-18-15-6-4-3-5-13(14)15/h3-6,12,14,18H,7-11H2,1-2H3,(H,19,20). The van der Waals surface area contributed by atoms with Crippen molar-refractivity contribution in [1.29, 1.82) is 0 Å². The minimum atomic E-state index is 0.00964. The minimum Gasteiger partial charge on any atom is -0.385 e. The quantitative estimate of drug-likeness (QED) is 0.884. The molecule has 1 aliphatic heterocycles. The average Bonchev–Trinajstić information content (AvgIpc) is 3.25. The number of nitrogens with one attached hydrogen (secondary N) is 2. The van der Waals surface area contributed by atoms with Gasteiger partial charge in [-0.1, -0.05) is 32.0 Å². The summed E-state index contributed by atoms with van der Waals surface area (Å²) >= 11 is 0. The number of anilines is 1. The van der Waals surface area contributed by atoms with Crippen LogP contribution < -0.4 is 10.6 Å². The Bertz CT molecular complexity index is 505. The van der Waals surface area contributed by atoms with Crippen LogP contribution in [-0.2, 0) is 4.79 Å². The summed E-state index contributed by atoms with van der Waals surface area (Å²) in [4.78, 5) is 12.5. The van der Waals surface area contributed by atoms with Gasteiger partial charge in [-0.3, -0.25) is 4.79 Å². The third kappa shape index (κ3) is 2.41. The second kappa shape index (κ2) is 5.12. The van der Waals surface area contributed by atoms with Crippen molar-refractivity contribution in [2.24, 2.45) is 11.3 Å². The van der Waals surface area contributed by atoms with Crippen molar-refractivity contribution in [3.8, 4) is 0 Å². The Balaban J connectivity index is 1.67. The summed E-state index contributed by atoms with van der Waals surface area (Å²) in [5.41, 5.74) is 2.64. The van der Waals surface area contributed by atoms with Crippen LogP contribution in [0.25, 0.3) is 0 Å². The largest absolute Gasteiger partial charge is 0.385 e. The molecule has 1 aliphatic carbocycles. The van der Waals surface area contributed by atoms with Crippen LogP contribution in [0.2, 0.25) is 0 Å². The van der Waals surface area contributed by atoms with Gasteiger partial charge >= 0.3 is 0 Å². The molecule has 108 valence electrons. The van der Waals surface area contributed by atoms with E-state index in [4.69, 9.17) is 0 Å². The van der Waals surface area contributed by atoms with Crippen molar-refractivity contribution in [1.82, 2.24) is 5.32 Å². The highest BCUT2D eigenvalue weighted by Crippen LogP contribution is 2.51. The van der Waals surface area contributed by atoms with E-state index >= 15 is 0 Å². The van der Waals surface area contributed by atoms with Gasteiger partial charge in [0.2, 0.25) is 5.91 Å². The Hall–Kier alpha value is -1.51. The Kier molecular flexibility index (Phi) is 3.45. The lowest BCUT2D eigenvalue weighted by atomic mass is 9.89. The molecule has 0 saturated heterocycles. The molecular weight excluding hydrogens is 248 g/mol. The van der Waals surface area contributed by atoms with E-state index in [0.717, 1.165) is 30.8 Å². The fourth-order valence-electron chi connectivity index (χ4n) is 3.25.